The fourth-order valence-corrected chi connectivity index (χ4v) is 5.37. The summed E-state index contributed by atoms with van der Waals surface area (Å²) in [5.74, 6) is -1.15. The van der Waals surface area contributed by atoms with Crippen LogP contribution in [0.25, 0.3) is 0 Å². The van der Waals surface area contributed by atoms with Crippen LogP contribution in [0.5, 0.6) is 5.75 Å². The van der Waals surface area contributed by atoms with Gasteiger partial charge in [-0.15, -0.1) is 0 Å². The lowest BCUT2D eigenvalue weighted by Gasteiger charge is -2.31. The molecule has 1 aliphatic rings. The number of sulfonamides is 1. The summed E-state index contributed by atoms with van der Waals surface area (Å²) in [5, 5.41) is 2.80. The van der Waals surface area contributed by atoms with Crippen molar-refractivity contribution in [3.8, 4) is 5.75 Å². The van der Waals surface area contributed by atoms with Crippen molar-refractivity contribution >= 4 is 27.7 Å². The number of hydrogen-bond acceptors (Lipinski definition) is 6. The van der Waals surface area contributed by atoms with Gasteiger partial charge in [0, 0.05) is 13.1 Å². The molecule has 182 valence electrons. The molecule has 34 heavy (non-hydrogen) atoms. The van der Waals surface area contributed by atoms with Crippen molar-refractivity contribution in [3.63, 3.8) is 0 Å². The van der Waals surface area contributed by atoms with E-state index in [1.807, 2.05) is 6.92 Å². The molecule has 0 saturated heterocycles. The molecule has 10 heteroatoms. The molecule has 0 bridgehead atoms. The highest BCUT2D eigenvalue weighted by atomic mass is 32.2. The Bertz CT molecular complexity index is 1180. The second-order valence-electron chi connectivity index (χ2n) is 7.90. The molecule has 2 aromatic carbocycles. The molecule has 0 aromatic heterocycles. The van der Waals surface area contributed by atoms with Crippen molar-refractivity contribution in [1.82, 2.24) is 14.5 Å². The van der Waals surface area contributed by atoms with Gasteiger partial charge in [0.15, 0.2) is 0 Å². The van der Waals surface area contributed by atoms with Crippen molar-refractivity contribution in [2.75, 3.05) is 20.2 Å². The number of benzene rings is 2. The summed E-state index contributed by atoms with van der Waals surface area (Å²) < 4.78 is 31.7. The Balaban J connectivity index is 1.92. The SMILES string of the molecule is CCCNC(=O)[C@@H](CC)N(Cc1cccc(OC)c1)C(=O)CN1C(=O)c2ccccc2S1(=O)=O. The lowest BCUT2D eigenvalue weighted by molar-refractivity contribution is -0.141. The van der Waals surface area contributed by atoms with E-state index in [0.717, 1.165) is 6.42 Å². The van der Waals surface area contributed by atoms with Crippen molar-refractivity contribution in [1.29, 1.82) is 0 Å². The Labute approximate surface area is 199 Å². The van der Waals surface area contributed by atoms with E-state index in [1.54, 1.807) is 37.3 Å². The van der Waals surface area contributed by atoms with Crippen LogP contribution < -0.4 is 10.1 Å². The molecule has 3 rings (SSSR count). The van der Waals surface area contributed by atoms with Gasteiger partial charge in [-0.3, -0.25) is 14.4 Å². The Morgan fingerprint density at radius 1 is 1.12 bits per heavy atom. The number of carbonyl (C=O) groups excluding carboxylic acids is 3. The van der Waals surface area contributed by atoms with Gasteiger partial charge < -0.3 is 15.0 Å². The first-order chi connectivity index (χ1) is 16.2. The van der Waals surface area contributed by atoms with Crippen LogP contribution in [-0.4, -0.2) is 61.6 Å². The van der Waals surface area contributed by atoms with Crippen molar-refractivity contribution < 1.29 is 27.5 Å². The summed E-state index contributed by atoms with van der Waals surface area (Å²) in [4.78, 5) is 40.4. The highest BCUT2D eigenvalue weighted by molar-refractivity contribution is 7.90. The van der Waals surface area contributed by atoms with Gasteiger partial charge in [0.2, 0.25) is 11.8 Å². The Kier molecular flexibility index (Phi) is 7.93. The van der Waals surface area contributed by atoms with Crippen LogP contribution in [0, 0.1) is 0 Å². The molecule has 0 radical (unpaired) electrons. The third-order valence-electron chi connectivity index (χ3n) is 5.61. The zero-order valence-corrected chi connectivity index (χ0v) is 20.3. The number of rotatable bonds is 10. The molecule has 1 N–H and O–H groups in total. The third kappa shape index (κ3) is 5.06. The zero-order valence-electron chi connectivity index (χ0n) is 19.5. The van der Waals surface area contributed by atoms with Gasteiger partial charge in [0.05, 0.1) is 12.7 Å². The summed E-state index contributed by atoms with van der Waals surface area (Å²) in [6, 6.07) is 12.1. The normalized spacial score (nSPS) is 14.9. The fraction of sp³-hybridized carbons (Fsp3) is 0.375. The second-order valence-corrected chi connectivity index (χ2v) is 9.73. The predicted octanol–water partition coefficient (Wildman–Crippen LogP) is 2.17. The Hall–Kier alpha value is -3.40. The van der Waals surface area contributed by atoms with E-state index >= 15 is 0 Å². The smallest absolute Gasteiger partial charge is 0.269 e. The summed E-state index contributed by atoms with van der Waals surface area (Å²) in [5.41, 5.74) is 0.732. The zero-order chi connectivity index (χ0) is 24.9. The first kappa shape index (κ1) is 25.2. The highest BCUT2D eigenvalue weighted by Gasteiger charge is 2.43. The van der Waals surface area contributed by atoms with Crippen molar-refractivity contribution in [2.24, 2.45) is 0 Å². The first-order valence-corrected chi connectivity index (χ1v) is 12.5. The number of amides is 3. The van der Waals surface area contributed by atoms with E-state index in [1.165, 1.54) is 30.2 Å². The number of nitrogens with zero attached hydrogens (tertiary/aromatic N) is 2. The average molecular weight is 488 g/mol. The second kappa shape index (κ2) is 10.7. The molecule has 2 aromatic rings. The van der Waals surface area contributed by atoms with Crippen LogP contribution in [0.3, 0.4) is 0 Å². The maximum absolute atomic E-state index is 13.5. The van der Waals surface area contributed by atoms with Crippen LogP contribution in [0.15, 0.2) is 53.4 Å². The minimum absolute atomic E-state index is 0.0300. The van der Waals surface area contributed by atoms with Crippen LogP contribution in [-0.2, 0) is 26.2 Å². The summed E-state index contributed by atoms with van der Waals surface area (Å²) in [6.07, 6.45) is 1.04. The van der Waals surface area contributed by atoms with Crippen molar-refractivity contribution in [2.45, 2.75) is 44.2 Å². The summed E-state index contributed by atoms with van der Waals surface area (Å²) in [6.45, 7) is 3.49. The van der Waals surface area contributed by atoms with E-state index < -0.39 is 34.4 Å². The first-order valence-electron chi connectivity index (χ1n) is 11.1. The number of nitrogens with one attached hydrogen (secondary N) is 1. The lowest BCUT2D eigenvalue weighted by atomic mass is 10.1. The molecule has 0 aliphatic carbocycles. The molecule has 0 saturated carbocycles. The lowest BCUT2D eigenvalue weighted by Crippen LogP contribution is -2.52. The van der Waals surface area contributed by atoms with Gasteiger partial charge in [0.25, 0.3) is 15.9 Å². The monoisotopic (exact) mass is 487 g/mol. The van der Waals surface area contributed by atoms with E-state index in [0.29, 0.717) is 28.6 Å². The summed E-state index contributed by atoms with van der Waals surface area (Å²) >= 11 is 0. The third-order valence-corrected chi connectivity index (χ3v) is 7.40. The Morgan fingerprint density at radius 3 is 2.50 bits per heavy atom. The number of hydrogen-bond donors (Lipinski definition) is 1. The molecular weight excluding hydrogens is 458 g/mol. The predicted molar refractivity (Wildman–Crippen MR) is 126 cm³/mol. The standard InChI is InChI=1S/C24H29N3O6S/c1-4-13-25-23(29)20(5-2)26(15-17-9-8-10-18(14-17)33-3)22(28)16-27-24(30)19-11-6-7-12-21(19)34(27,31)32/h6-12,14,20H,4-5,13,15-16H2,1-3H3,(H,25,29)/t20-/m1/s1. The van der Waals surface area contributed by atoms with Gasteiger partial charge >= 0.3 is 0 Å². The molecule has 1 aliphatic heterocycles. The maximum Gasteiger partial charge on any atom is 0.269 e. The highest BCUT2D eigenvalue weighted by Crippen LogP contribution is 2.30. The molecule has 1 heterocycles. The van der Waals surface area contributed by atoms with Crippen LogP contribution in [0.4, 0.5) is 0 Å². The topological polar surface area (TPSA) is 113 Å². The maximum atomic E-state index is 13.5. The van der Waals surface area contributed by atoms with E-state index in [2.05, 4.69) is 5.32 Å². The van der Waals surface area contributed by atoms with E-state index in [4.69, 9.17) is 4.74 Å². The van der Waals surface area contributed by atoms with Gasteiger partial charge in [-0.25, -0.2) is 12.7 Å². The fourth-order valence-electron chi connectivity index (χ4n) is 3.85. The number of methoxy groups -OCH3 is 1. The minimum Gasteiger partial charge on any atom is -0.497 e. The van der Waals surface area contributed by atoms with Gasteiger partial charge in [-0.1, -0.05) is 38.1 Å². The van der Waals surface area contributed by atoms with Gasteiger partial charge in [-0.05, 0) is 42.7 Å². The molecule has 1 atom stereocenters. The average Bonchev–Trinajstić information content (AvgIpc) is 3.03. The van der Waals surface area contributed by atoms with Crippen molar-refractivity contribution in [3.05, 3.63) is 59.7 Å². The van der Waals surface area contributed by atoms with E-state index in [-0.39, 0.29) is 22.9 Å². The number of carbonyl (C=O) groups is 3. The Morgan fingerprint density at radius 2 is 1.85 bits per heavy atom. The molecular formula is C24H29N3O6S. The van der Waals surface area contributed by atoms with Crippen LogP contribution >= 0.6 is 0 Å². The molecule has 0 spiro atoms. The van der Waals surface area contributed by atoms with E-state index in [9.17, 15) is 22.8 Å². The molecule has 0 unspecified atom stereocenters. The molecule has 9 nitrogen and oxygen atoms in total. The molecule has 3 amide bonds. The molecule has 0 fully saturated rings. The summed E-state index contributed by atoms with van der Waals surface area (Å²) in [7, 11) is -2.63. The van der Waals surface area contributed by atoms with Gasteiger partial charge in [-0.2, -0.15) is 0 Å². The number of ether oxygens (including phenoxy) is 1. The van der Waals surface area contributed by atoms with Gasteiger partial charge in [0.1, 0.15) is 23.2 Å². The van der Waals surface area contributed by atoms with Crippen LogP contribution in [0.2, 0.25) is 0 Å². The van der Waals surface area contributed by atoms with Crippen LogP contribution in [0.1, 0.15) is 42.6 Å². The largest absolute Gasteiger partial charge is 0.497 e. The minimum atomic E-state index is -4.16. The number of fused-ring (bicyclic) bond motifs is 1. The quantitative estimate of drug-likeness (QED) is 0.550.